The van der Waals surface area contributed by atoms with Gasteiger partial charge in [0.1, 0.15) is 6.04 Å². The third-order valence-corrected chi connectivity index (χ3v) is 4.57. The van der Waals surface area contributed by atoms with Gasteiger partial charge in [0.05, 0.1) is 0 Å². The summed E-state index contributed by atoms with van der Waals surface area (Å²) < 4.78 is 0. The van der Waals surface area contributed by atoms with Crippen molar-refractivity contribution in [1.82, 2.24) is 5.32 Å². The number of rotatable bonds is 4. The molecular formula is C14H25NO2. The summed E-state index contributed by atoms with van der Waals surface area (Å²) in [4.78, 5) is 11.4. The minimum Gasteiger partial charge on any atom is -0.480 e. The van der Waals surface area contributed by atoms with Crippen LogP contribution in [0, 0.1) is 11.8 Å². The summed E-state index contributed by atoms with van der Waals surface area (Å²) in [7, 11) is 0. The second-order valence-corrected chi connectivity index (χ2v) is 5.98. The third-order valence-electron chi connectivity index (χ3n) is 4.57. The van der Waals surface area contributed by atoms with Crippen molar-refractivity contribution < 1.29 is 9.90 Å². The lowest BCUT2D eigenvalue weighted by molar-refractivity contribution is -0.141. The zero-order valence-corrected chi connectivity index (χ0v) is 10.8. The van der Waals surface area contributed by atoms with Gasteiger partial charge in [0.2, 0.25) is 0 Å². The fourth-order valence-corrected chi connectivity index (χ4v) is 3.37. The molecule has 0 radical (unpaired) electrons. The van der Waals surface area contributed by atoms with Crippen LogP contribution in [-0.2, 0) is 4.79 Å². The van der Waals surface area contributed by atoms with Crippen LogP contribution in [0.4, 0.5) is 0 Å². The molecule has 0 spiro atoms. The van der Waals surface area contributed by atoms with E-state index in [2.05, 4.69) is 12.2 Å². The molecule has 3 nitrogen and oxygen atoms in total. The molecule has 0 heterocycles. The largest absolute Gasteiger partial charge is 0.480 e. The highest BCUT2D eigenvalue weighted by Crippen LogP contribution is 2.31. The fourth-order valence-electron chi connectivity index (χ4n) is 3.37. The second-order valence-electron chi connectivity index (χ2n) is 5.98. The molecule has 2 N–H and O–H groups in total. The summed E-state index contributed by atoms with van der Waals surface area (Å²) in [5.41, 5.74) is 0. The molecule has 0 aromatic heterocycles. The quantitative estimate of drug-likeness (QED) is 0.793. The fraction of sp³-hybridized carbons (Fsp3) is 0.929. The number of carbonyl (C=O) groups is 1. The Kier molecular flexibility index (Phi) is 4.43. The van der Waals surface area contributed by atoms with Crippen LogP contribution >= 0.6 is 0 Å². The molecule has 0 bridgehead atoms. The predicted molar refractivity (Wildman–Crippen MR) is 67.9 cm³/mol. The van der Waals surface area contributed by atoms with E-state index in [-0.39, 0.29) is 6.04 Å². The summed E-state index contributed by atoms with van der Waals surface area (Å²) in [6, 6.07) is 0.154. The van der Waals surface area contributed by atoms with Crippen LogP contribution in [0.3, 0.4) is 0 Å². The van der Waals surface area contributed by atoms with Crippen LogP contribution in [0.15, 0.2) is 0 Å². The maximum absolute atomic E-state index is 11.4. The van der Waals surface area contributed by atoms with E-state index in [0.717, 1.165) is 31.6 Å². The Balaban J connectivity index is 1.89. The first-order chi connectivity index (χ1) is 8.16. The molecule has 1 unspecified atom stereocenters. The maximum Gasteiger partial charge on any atom is 0.320 e. The van der Waals surface area contributed by atoms with Crippen molar-refractivity contribution in [3.63, 3.8) is 0 Å². The van der Waals surface area contributed by atoms with Gasteiger partial charge in [-0.15, -0.1) is 0 Å². The molecule has 2 rings (SSSR count). The molecule has 0 saturated heterocycles. The lowest BCUT2D eigenvalue weighted by Crippen LogP contribution is -2.47. The Morgan fingerprint density at radius 1 is 1.12 bits per heavy atom. The first-order valence-electron chi connectivity index (χ1n) is 7.15. The Morgan fingerprint density at radius 2 is 1.71 bits per heavy atom. The van der Waals surface area contributed by atoms with E-state index in [1.54, 1.807) is 0 Å². The van der Waals surface area contributed by atoms with Crippen LogP contribution in [0.5, 0.6) is 0 Å². The Bertz CT molecular complexity index is 253. The van der Waals surface area contributed by atoms with Gasteiger partial charge in [-0.25, -0.2) is 0 Å². The molecule has 2 aliphatic carbocycles. The SMILES string of the molecule is CC1CCC(C(NC2CCCC2)C(=O)O)CC1. The van der Waals surface area contributed by atoms with E-state index in [9.17, 15) is 9.90 Å². The number of hydrogen-bond acceptors (Lipinski definition) is 2. The number of carboxylic acid groups (broad SMARTS) is 1. The van der Waals surface area contributed by atoms with Crippen molar-refractivity contribution in [1.29, 1.82) is 0 Å². The molecule has 0 amide bonds. The lowest BCUT2D eigenvalue weighted by Gasteiger charge is -2.32. The molecule has 0 aromatic rings. The van der Waals surface area contributed by atoms with E-state index < -0.39 is 5.97 Å². The van der Waals surface area contributed by atoms with Gasteiger partial charge in [-0.2, -0.15) is 0 Å². The highest BCUT2D eigenvalue weighted by atomic mass is 16.4. The van der Waals surface area contributed by atoms with Crippen molar-refractivity contribution in [2.75, 3.05) is 0 Å². The molecular weight excluding hydrogens is 214 g/mol. The summed E-state index contributed by atoms with van der Waals surface area (Å²) in [6.07, 6.45) is 9.38. The summed E-state index contributed by atoms with van der Waals surface area (Å²) in [5, 5.41) is 12.8. The van der Waals surface area contributed by atoms with Gasteiger partial charge >= 0.3 is 5.97 Å². The van der Waals surface area contributed by atoms with Crippen LogP contribution in [0.25, 0.3) is 0 Å². The van der Waals surface area contributed by atoms with Crippen LogP contribution in [0.1, 0.15) is 58.3 Å². The first-order valence-corrected chi connectivity index (χ1v) is 7.15. The van der Waals surface area contributed by atoms with Gasteiger partial charge in [-0.3, -0.25) is 4.79 Å². The number of aliphatic carboxylic acids is 1. The summed E-state index contributed by atoms with van der Waals surface area (Å²) in [5.74, 6) is 0.493. The maximum atomic E-state index is 11.4. The zero-order chi connectivity index (χ0) is 12.3. The van der Waals surface area contributed by atoms with Gasteiger partial charge in [-0.05, 0) is 37.5 Å². The van der Waals surface area contributed by atoms with Gasteiger partial charge < -0.3 is 10.4 Å². The Labute approximate surface area is 104 Å². The van der Waals surface area contributed by atoms with Gasteiger partial charge in [0, 0.05) is 6.04 Å². The molecule has 0 aromatic carbocycles. The number of hydrogen-bond donors (Lipinski definition) is 2. The molecule has 98 valence electrons. The van der Waals surface area contributed by atoms with Gasteiger partial charge in [0.25, 0.3) is 0 Å². The van der Waals surface area contributed by atoms with Crippen LogP contribution in [-0.4, -0.2) is 23.2 Å². The molecule has 2 aliphatic rings. The van der Waals surface area contributed by atoms with Crippen molar-refractivity contribution in [3.05, 3.63) is 0 Å². The van der Waals surface area contributed by atoms with Gasteiger partial charge in [-0.1, -0.05) is 32.6 Å². The van der Waals surface area contributed by atoms with Crippen molar-refractivity contribution in [2.45, 2.75) is 70.4 Å². The average Bonchev–Trinajstić information content (AvgIpc) is 2.80. The average molecular weight is 239 g/mol. The monoisotopic (exact) mass is 239 g/mol. The summed E-state index contributed by atoms with van der Waals surface area (Å²) in [6.45, 7) is 2.27. The van der Waals surface area contributed by atoms with E-state index in [1.165, 1.54) is 25.7 Å². The standard InChI is InChI=1S/C14H25NO2/c1-10-6-8-11(9-7-10)13(14(16)17)15-12-4-2-3-5-12/h10-13,15H,2-9H2,1H3,(H,16,17). The van der Waals surface area contributed by atoms with E-state index in [1.807, 2.05) is 0 Å². The van der Waals surface area contributed by atoms with E-state index >= 15 is 0 Å². The molecule has 2 fully saturated rings. The zero-order valence-electron chi connectivity index (χ0n) is 10.8. The minimum absolute atomic E-state index is 0.300. The van der Waals surface area contributed by atoms with E-state index in [0.29, 0.717) is 12.0 Å². The van der Waals surface area contributed by atoms with Crippen molar-refractivity contribution >= 4 is 5.97 Å². The smallest absolute Gasteiger partial charge is 0.320 e. The topological polar surface area (TPSA) is 49.3 Å². The predicted octanol–water partition coefficient (Wildman–Crippen LogP) is 2.80. The van der Waals surface area contributed by atoms with Crippen LogP contribution in [0.2, 0.25) is 0 Å². The molecule has 1 atom stereocenters. The minimum atomic E-state index is -0.642. The molecule has 0 aliphatic heterocycles. The Morgan fingerprint density at radius 3 is 2.24 bits per heavy atom. The molecule has 3 heteroatoms. The number of carboxylic acids is 1. The molecule has 2 saturated carbocycles. The lowest BCUT2D eigenvalue weighted by atomic mass is 9.79. The first kappa shape index (κ1) is 12.9. The Hall–Kier alpha value is -0.570. The van der Waals surface area contributed by atoms with Crippen LogP contribution < -0.4 is 5.32 Å². The third kappa shape index (κ3) is 3.44. The molecule has 17 heavy (non-hydrogen) atoms. The highest BCUT2D eigenvalue weighted by molar-refractivity contribution is 5.74. The second kappa shape index (κ2) is 5.85. The van der Waals surface area contributed by atoms with Crippen molar-refractivity contribution in [3.8, 4) is 0 Å². The summed E-state index contributed by atoms with van der Waals surface area (Å²) >= 11 is 0. The van der Waals surface area contributed by atoms with Gasteiger partial charge in [0.15, 0.2) is 0 Å². The van der Waals surface area contributed by atoms with Crippen molar-refractivity contribution in [2.24, 2.45) is 11.8 Å². The normalized spacial score (nSPS) is 32.5. The highest BCUT2D eigenvalue weighted by Gasteiger charge is 2.32. The van der Waals surface area contributed by atoms with E-state index in [4.69, 9.17) is 0 Å². The number of nitrogens with one attached hydrogen (secondary N) is 1.